The SMILES string of the molecule is CN(C(=O)C1CCCN(Cc2ccccc2)C1)c1ccc(F)cc1. The van der Waals surface area contributed by atoms with Crippen molar-refractivity contribution in [3.8, 4) is 0 Å². The van der Waals surface area contributed by atoms with Crippen LogP contribution < -0.4 is 4.90 Å². The molecule has 0 bridgehead atoms. The molecule has 1 aliphatic rings. The second kappa shape index (κ2) is 7.58. The number of hydrogen-bond acceptors (Lipinski definition) is 2. The number of anilines is 1. The van der Waals surface area contributed by atoms with Crippen LogP contribution in [0.4, 0.5) is 10.1 Å². The van der Waals surface area contributed by atoms with Crippen molar-refractivity contribution in [1.29, 1.82) is 0 Å². The lowest BCUT2D eigenvalue weighted by atomic mass is 9.96. The van der Waals surface area contributed by atoms with Gasteiger partial charge in [-0.25, -0.2) is 4.39 Å². The third-order valence-electron chi connectivity index (χ3n) is 4.65. The van der Waals surface area contributed by atoms with Crippen LogP contribution in [0.5, 0.6) is 0 Å². The number of halogens is 1. The predicted octanol–water partition coefficient (Wildman–Crippen LogP) is 3.70. The summed E-state index contributed by atoms with van der Waals surface area (Å²) >= 11 is 0. The molecule has 24 heavy (non-hydrogen) atoms. The van der Waals surface area contributed by atoms with E-state index in [1.54, 1.807) is 24.1 Å². The first-order valence-electron chi connectivity index (χ1n) is 8.43. The van der Waals surface area contributed by atoms with Crippen molar-refractivity contribution in [1.82, 2.24) is 4.90 Å². The topological polar surface area (TPSA) is 23.6 Å². The number of nitrogens with zero attached hydrogens (tertiary/aromatic N) is 2. The minimum Gasteiger partial charge on any atom is -0.315 e. The molecule has 1 fully saturated rings. The number of benzene rings is 2. The van der Waals surface area contributed by atoms with Crippen molar-refractivity contribution in [2.75, 3.05) is 25.0 Å². The highest BCUT2D eigenvalue weighted by Gasteiger charge is 2.28. The Morgan fingerprint density at radius 1 is 1.17 bits per heavy atom. The molecule has 4 heteroatoms. The highest BCUT2D eigenvalue weighted by atomic mass is 19.1. The van der Waals surface area contributed by atoms with Crippen LogP contribution in [-0.4, -0.2) is 30.9 Å². The Hall–Kier alpha value is -2.20. The van der Waals surface area contributed by atoms with Crippen molar-refractivity contribution in [3.05, 3.63) is 66.0 Å². The van der Waals surface area contributed by atoms with Gasteiger partial charge in [-0.1, -0.05) is 30.3 Å². The maximum Gasteiger partial charge on any atom is 0.231 e. The Morgan fingerprint density at radius 2 is 1.88 bits per heavy atom. The molecule has 0 radical (unpaired) electrons. The second-order valence-corrected chi connectivity index (χ2v) is 6.43. The van der Waals surface area contributed by atoms with Gasteiger partial charge in [0.2, 0.25) is 5.91 Å². The monoisotopic (exact) mass is 326 g/mol. The molecule has 1 atom stereocenters. The number of carbonyl (C=O) groups excluding carboxylic acids is 1. The van der Waals surface area contributed by atoms with Gasteiger partial charge in [-0.15, -0.1) is 0 Å². The molecule has 1 aliphatic heterocycles. The molecule has 0 saturated carbocycles. The summed E-state index contributed by atoms with van der Waals surface area (Å²) in [6.45, 7) is 2.68. The Labute approximate surface area is 142 Å². The van der Waals surface area contributed by atoms with E-state index < -0.39 is 0 Å². The maximum atomic E-state index is 13.1. The largest absolute Gasteiger partial charge is 0.315 e. The first-order chi connectivity index (χ1) is 11.6. The molecule has 0 N–H and O–H groups in total. The van der Waals surface area contributed by atoms with Crippen LogP contribution in [-0.2, 0) is 11.3 Å². The molecule has 3 rings (SSSR count). The number of amides is 1. The maximum absolute atomic E-state index is 13.1. The summed E-state index contributed by atoms with van der Waals surface area (Å²) in [7, 11) is 1.77. The number of piperidine rings is 1. The third kappa shape index (κ3) is 4.01. The summed E-state index contributed by atoms with van der Waals surface area (Å²) in [6, 6.07) is 16.4. The molecule has 126 valence electrons. The summed E-state index contributed by atoms with van der Waals surface area (Å²) in [5.74, 6) is -0.178. The van der Waals surface area contributed by atoms with Gasteiger partial charge >= 0.3 is 0 Å². The molecular weight excluding hydrogens is 303 g/mol. The highest BCUT2D eigenvalue weighted by molar-refractivity contribution is 5.94. The smallest absolute Gasteiger partial charge is 0.231 e. The lowest BCUT2D eigenvalue weighted by Gasteiger charge is -2.34. The molecule has 0 aliphatic carbocycles. The fourth-order valence-electron chi connectivity index (χ4n) is 3.31. The Bertz CT molecular complexity index is 672. The van der Waals surface area contributed by atoms with Gasteiger partial charge in [-0.05, 0) is 49.2 Å². The van der Waals surface area contributed by atoms with E-state index in [4.69, 9.17) is 0 Å². The van der Waals surface area contributed by atoms with Crippen LogP contribution >= 0.6 is 0 Å². The summed E-state index contributed by atoms with van der Waals surface area (Å²) in [5.41, 5.74) is 2.01. The van der Waals surface area contributed by atoms with Crippen molar-refractivity contribution < 1.29 is 9.18 Å². The molecule has 0 spiro atoms. The molecule has 2 aromatic carbocycles. The van der Waals surface area contributed by atoms with Gasteiger partial charge in [0.1, 0.15) is 5.82 Å². The zero-order chi connectivity index (χ0) is 16.9. The Morgan fingerprint density at radius 3 is 2.58 bits per heavy atom. The molecule has 1 heterocycles. The molecule has 3 nitrogen and oxygen atoms in total. The number of rotatable bonds is 4. The molecule has 1 amide bonds. The lowest BCUT2D eigenvalue weighted by Crippen LogP contribution is -2.43. The average Bonchev–Trinajstić information content (AvgIpc) is 2.62. The van der Waals surface area contributed by atoms with Crippen molar-refractivity contribution in [3.63, 3.8) is 0 Å². The van der Waals surface area contributed by atoms with E-state index in [1.165, 1.54) is 17.7 Å². The third-order valence-corrected chi connectivity index (χ3v) is 4.65. The summed E-state index contributed by atoms with van der Waals surface area (Å²) < 4.78 is 13.1. The zero-order valence-electron chi connectivity index (χ0n) is 14.0. The predicted molar refractivity (Wildman–Crippen MR) is 94.3 cm³/mol. The minimum atomic E-state index is -0.286. The number of carbonyl (C=O) groups is 1. The van der Waals surface area contributed by atoms with Gasteiger partial charge in [-0.3, -0.25) is 9.69 Å². The van der Waals surface area contributed by atoms with Gasteiger partial charge in [-0.2, -0.15) is 0 Å². The van der Waals surface area contributed by atoms with Gasteiger partial charge < -0.3 is 4.90 Å². The minimum absolute atomic E-state index is 0.00230. The van der Waals surface area contributed by atoms with Crippen LogP contribution in [0.15, 0.2) is 54.6 Å². The van der Waals surface area contributed by atoms with Crippen LogP contribution in [0.1, 0.15) is 18.4 Å². The molecule has 1 unspecified atom stereocenters. The van der Waals surface area contributed by atoms with Crippen LogP contribution in [0.3, 0.4) is 0 Å². The van der Waals surface area contributed by atoms with Gasteiger partial charge in [0.15, 0.2) is 0 Å². The van der Waals surface area contributed by atoms with Gasteiger partial charge in [0.25, 0.3) is 0 Å². The van der Waals surface area contributed by atoms with Crippen molar-refractivity contribution in [2.45, 2.75) is 19.4 Å². The quantitative estimate of drug-likeness (QED) is 0.855. The van der Waals surface area contributed by atoms with E-state index in [2.05, 4.69) is 17.0 Å². The summed E-state index contributed by atoms with van der Waals surface area (Å²) in [6.07, 6.45) is 1.94. The fourth-order valence-corrected chi connectivity index (χ4v) is 3.31. The van der Waals surface area contributed by atoms with E-state index in [9.17, 15) is 9.18 Å². The number of likely N-dealkylation sites (tertiary alicyclic amines) is 1. The average molecular weight is 326 g/mol. The van der Waals surface area contributed by atoms with Gasteiger partial charge in [0.05, 0.1) is 5.92 Å². The fraction of sp³-hybridized carbons (Fsp3) is 0.350. The van der Waals surface area contributed by atoms with Crippen LogP contribution in [0, 0.1) is 11.7 Å². The molecule has 0 aromatic heterocycles. The van der Waals surface area contributed by atoms with E-state index >= 15 is 0 Å². The zero-order valence-corrected chi connectivity index (χ0v) is 14.0. The van der Waals surface area contributed by atoms with Crippen LogP contribution in [0.25, 0.3) is 0 Å². The molecular formula is C20H23FN2O. The van der Waals surface area contributed by atoms with E-state index in [-0.39, 0.29) is 17.6 Å². The summed E-state index contributed by atoms with van der Waals surface area (Å²) in [4.78, 5) is 16.8. The van der Waals surface area contributed by atoms with Gasteiger partial charge in [0, 0.05) is 25.8 Å². The Balaban J connectivity index is 1.63. The van der Waals surface area contributed by atoms with E-state index in [1.807, 2.05) is 18.2 Å². The molecule has 1 saturated heterocycles. The van der Waals surface area contributed by atoms with E-state index in [0.29, 0.717) is 0 Å². The van der Waals surface area contributed by atoms with E-state index in [0.717, 1.165) is 38.2 Å². The number of hydrogen-bond donors (Lipinski definition) is 0. The second-order valence-electron chi connectivity index (χ2n) is 6.43. The van der Waals surface area contributed by atoms with Crippen LogP contribution in [0.2, 0.25) is 0 Å². The first-order valence-corrected chi connectivity index (χ1v) is 8.43. The summed E-state index contributed by atoms with van der Waals surface area (Å²) in [5, 5.41) is 0. The normalized spacial score (nSPS) is 18.3. The van der Waals surface area contributed by atoms with Crippen molar-refractivity contribution >= 4 is 11.6 Å². The highest BCUT2D eigenvalue weighted by Crippen LogP contribution is 2.23. The molecule has 2 aromatic rings. The standard InChI is InChI=1S/C20H23FN2O/c1-22(19-11-9-18(21)10-12-19)20(24)17-8-5-13-23(15-17)14-16-6-3-2-4-7-16/h2-4,6-7,9-12,17H,5,8,13-15H2,1H3. The van der Waals surface area contributed by atoms with Crippen molar-refractivity contribution in [2.24, 2.45) is 5.92 Å². The lowest BCUT2D eigenvalue weighted by molar-refractivity contribution is -0.123. The first kappa shape index (κ1) is 16.7. The Kier molecular flexibility index (Phi) is 5.26.